The quantitative estimate of drug-likeness (QED) is 0.495. The zero-order valence-electron chi connectivity index (χ0n) is 10.9. The number of rotatable bonds is 3. The maximum Gasteiger partial charge on any atom is 0.309 e. The van der Waals surface area contributed by atoms with Gasteiger partial charge in [-0.2, -0.15) is 0 Å². The highest BCUT2D eigenvalue weighted by atomic mass is 16.9. The van der Waals surface area contributed by atoms with Crippen molar-refractivity contribution in [3.05, 3.63) is 28.3 Å². The molecule has 2 atom stereocenters. The van der Waals surface area contributed by atoms with E-state index in [2.05, 4.69) is 4.98 Å². The summed E-state index contributed by atoms with van der Waals surface area (Å²) in [5, 5.41) is 13.6. The summed E-state index contributed by atoms with van der Waals surface area (Å²) in [5.41, 5.74) is 1.16. The average Bonchev–Trinajstić information content (AvgIpc) is 2.86. The average molecular weight is 271 g/mol. The number of aryl methyl sites for hydroxylation is 1. The number of imidazole rings is 1. The zero-order chi connectivity index (χ0) is 14.4. The minimum absolute atomic E-state index is 0.0373. The van der Waals surface area contributed by atoms with Gasteiger partial charge in [-0.15, -0.1) is 10.1 Å². The summed E-state index contributed by atoms with van der Waals surface area (Å²) in [6.45, 7) is 2.59. The third-order valence-electron chi connectivity index (χ3n) is 3.14. The molecule has 0 spiro atoms. The molecule has 1 fully saturated rings. The molecule has 1 N–H and O–H groups in total. The van der Waals surface area contributed by atoms with E-state index in [-0.39, 0.29) is 11.9 Å². The Kier molecular flexibility index (Phi) is 5.28. The van der Waals surface area contributed by atoms with Crippen molar-refractivity contribution in [3.8, 4) is 0 Å². The van der Waals surface area contributed by atoms with Crippen molar-refractivity contribution in [3.63, 3.8) is 0 Å². The number of hydrogen-bond donors (Lipinski definition) is 1. The molecule has 2 heterocycles. The first-order valence-electron chi connectivity index (χ1n) is 5.90. The van der Waals surface area contributed by atoms with E-state index >= 15 is 0 Å². The summed E-state index contributed by atoms with van der Waals surface area (Å²) >= 11 is 0. The molecule has 1 aromatic heterocycles. The third-order valence-corrected chi connectivity index (χ3v) is 3.14. The maximum atomic E-state index is 11.4. The summed E-state index contributed by atoms with van der Waals surface area (Å²) in [6.07, 6.45) is 5.38. The van der Waals surface area contributed by atoms with Crippen LogP contribution >= 0.6 is 0 Å². The van der Waals surface area contributed by atoms with Crippen molar-refractivity contribution in [1.29, 1.82) is 0 Å². The predicted molar refractivity (Wildman–Crippen MR) is 63.9 cm³/mol. The fourth-order valence-corrected chi connectivity index (χ4v) is 2.16. The highest BCUT2D eigenvalue weighted by molar-refractivity contribution is 5.74. The second kappa shape index (κ2) is 6.72. The number of aromatic nitrogens is 2. The number of ether oxygens (including phenoxy) is 1. The number of nitrogens with zero attached hydrogens (tertiary/aromatic N) is 3. The molecule has 0 saturated carbocycles. The van der Waals surface area contributed by atoms with Crippen LogP contribution in [-0.4, -0.2) is 32.4 Å². The Morgan fingerprint density at radius 2 is 2.32 bits per heavy atom. The molecule has 2 rings (SSSR count). The van der Waals surface area contributed by atoms with Crippen LogP contribution in [0.3, 0.4) is 0 Å². The molecule has 1 aliphatic heterocycles. The van der Waals surface area contributed by atoms with Gasteiger partial charge in [0.25, 0.3) is 5.09 Å². The van der Waals surface area contributed by atoms with Crippen molar-refractivity contribution in [2.45, 2.75) is 19.8 Å². The fraction of sp³-hybridized carbons (Fsp3) is 0.636. The molecule has 0 aliphatic carbocycles. The lowest BCUT2D eigenvalue weighted by Crippen LogP contribution is -2.18. The summed E-state index contributed by atoms with van der Waals surface area (Å²) < 4.78 is 7.08. The largest absolute Gasteiger partial charge is 0.465 e. The molecule has 8 heteroatoms. The Bertz CT molecular complexity index is 441. The molecule has 1 saturated heterocycles. The Morgan fingerprint density at radius 3 is 2.79 bits per heavy atom. The van der Waals surface area contributed by atoms with Gasteiger partial charge in [0, 0.05) is 24.9 Å². The minimum atomic E-state index is -1.50. The van der Waals surface area contributed by atoms with Gasteiger partial charge < -0.3 is 14.5 Å². The molecule has 0 bridgehead atoms. The highest BCUT2D eigenvalue weighted by Crippen LogP contribution is 2.27. The molecular formula is C11H17N3O5. The van der Waals surface area contributed by atoms with E-state index in [1.165, 1.54) is 0 Å². The topological polar surface area (TPSA) is 107 Å². The third kappa shape index (κ3) is 4.23. The number of esters is 1. The number of cyclic esters (lactones) is 1. The first-order chi connectivity index (χ1) is 8.95. The van der Waals surface area contributed by atoms with Gasteiger partial charge in [-0.25, -0.2) is 4.98 Å². The van der Waals surface area contributed by atoms with Crippen LogP contribution < -0.4 is 0 Å². The van der Waals surface area contributed by atoms with Crippen molar-refractivity contribution in [2.75, 3.05) is 6.61 Å². The SMILES string of the molecule is CC[C@H]1C(=O)OC[C@H]1Cc1cncn1C.O=[N+]([O-])O. The monoisotopic (exact) mass is 271 g/mol. The molecule has 8 nitrogen and oxygen atoms in total. The second-order valence-corrected chi connectivity index (χ2v) is 4.34. The fourth-order valence-electron chi connectivity index (χ4n) is 2.16. The smallest absolute Gasteiger partial charge is 0.309 e. The van der Waals surface area contributed by atoms with Crippen molar-refractivity contribution >= 4 is 5.97 Å². The van der Waals surface area contributed by atoms with E-state index in [9.17, 15) is 4.79 Å². The maximum absolute atomic E-state index is 11.4. The first-order valence-corrected chi connectivity index (χ1v) is 5.90. The zero-order valence-corrected chi connectivity index (χ0v) is 10.9. The normalized spacial score (nSPS) is 21.5. The minimum Gasteiger partial charge on any atom is -0.465 e. The van der Waals surface area contributed by atoms with Gasteiger partial charge in [0.2, 0.25) is 0 Å². The molecule has 0 amide bonds. The summed E-state index contributed by atoms with van der Waals surface area (Å²) in [5.74, 6) is 0.350. The van der Waals surface area contributed by atoms with Gasteiger partial charge in [-0.1, -0.05) is 6.92 Å². The Hall–Kier alpha value is -2.12. The van der Waals surface area contributed by atoms with Crippen LogP contribution in [0.1, 0.15) is 19.0 Å². The van der Waals surface area contributed by atoms with E-state index in [1.807, 2.05) is 24.7 Å². The van der Waals surface area contributed by atoms with Gasteiger partial charge in [0.05, 0.1) is 18.9 Å². The van der Waals surface area contributed by atoms with Crippen LogP contribution in [0.15, 0.2) is 12.5 Å². The molecule has 0 aromatic carbocycles. The number of carbonyl (C=O) groups excluding carboxylic acids is 1. The van der Waals surface area contributed by atoms with Crippen LogP contribution in [0, 0.1) is 22.0 Å². The molecule has 1 aliphatic rings. The second-order valence-electron chi connectivity index (χ2n) is 4.34. The van der Waals surface area contributed by atoms with E-state index in [4.69, 9.17) is 20.1 Å². The highest BCUT2D eigenvalue weighted by Gasteiger charge is 2.35. The number of carbonyl (C=O) groups is 1. The van der Waals surface area contributed by atoms with Crippen molar-refractivity contribution in [1.82, 2.24) is 9.55 Å². The molecular weight excluding hydrogens is 254 g/mol. The Morgan fingerprint density at radius 1 is 1.68 bits per heavy atom. The van der Waals surface area contributed by atoms with Crippen molar-refractivity contribution in [2.24, 2.45) is 18.9 Å². The van der Waals surface area contributed by atoms with E-state index < -0.39 is 5.09 Å². The van der Waals surface area contributed by atoms with Crippen molar-refractivity contribution < 1.29 is 19.8 Å². The van der Waals surface area contributed by atoms with Crippen LogP contribution in [0.25, 0.3) is 0 Å². The number of hydrogen-bond acceptors (Lipinski definition) is 5. The van der Waals surface area contributed by atoms with E-state index in [0.29, 0.717) is 12.5 Å². The van der Waals surface area contributed by atoms with Crippen LogP contribution in [0.5, 0.6) is 0 Å². The Balaban J connectivity index is 0.000000399. The van der Waals surface area contributed by atoms with Crippen LogP contribution in [-0.2, 0) is 23.0 Å². The van der Waals surface area contributed by atoms with E-state index in [1.54, 1.807) is 6.33 Å². The summed E-state index contributed by atoms with van der Waals surface area (Å²) in [7, 11) is 1.97. The summed E-state index contributed by atoms with van der Waals surface area (Å²) in [4.78, 5) is 23.8. The van der Waals surface area contributed by atoms with Gasteiger partial charge in [0.15, 0.2) is 0 Å². The lowest BCUT2D eigenvalue weighted by molar-refractivity contribution is -0.742. The standard InChI is InChI=1S/C11H16N2O2.HNO3/c1-3-10-8(6-15-11(10)14)4-9-5-12-7-13(9)2;2-1(3)4/h5,7-8,10H,3-4,6H2,1-2H3;(H,2,3,4)/t8-,10-;/m1./s1. The first kappa shape index (κ1) is 14.9. The molecule has 106 valence electrons. The summed E-state index contributed by atoms with van der Waals surface area (Å²) in [6, 6.07) is 0. The molecule has 0 unspecified atom stereocenters. The van der Waals surface area contributed by atoms with Gasteiger partial charge in [-0.3, -0.25) is 4.79 Å². The van der Waals surface area contributed by atoms with Crippen LogP contribution in [0.4, 0.5) is 0 Å². The molecule has 0 radical (unpaired) electrons. The van der Waals surface area contributed by atoms with Gasteiger partial charge in [-0.05, 0) is 12.8 Å². The van der Waals surface area contributed by atoms with E-state index in [0.717, 1.165) is 18.5 Å². The van der Waals surface area contributed by atoms with Gasteiger partial charge >= 0.3 is 5.97 Å². The van der Waals surface area contributed by atoms with Crippen LogP contribution in [0.2, 0.25) is 0 Å². The molecule has 1 aromatic rings. The van der Waals surface area contributed by atoms with Gasteiger partial charge in [0.1, 0.15) is 0 Å². The Labute approximate surface area is 110 Å². The lowest BCUT2D eigenvalue weighted by atomic mass is 9.89. The predicted octanol–water partition coefficient (Wildman–Crippen LogP) is 0.814. The molecule has 19 heavy (non-hydrogen) atoms. The lowest BCUT2D eigenvalue weighted by Gasteiger charge is -2.12.